The predicted molar refractivity (Wildman–Crippen MR) is 93.7 cm³/mol. The molecule has 4 atom stereocenters. The second-order valence-corrected chi connectivity index (χ2v) is 8.02. The van der Waals surface area contributed by atoms with Gasteiger partial charge in [-0.05, 0) is 68.9 Å². The minimum Gasteiger partial charge on any atom is -0.361 e. The molecule has 0 unspecified atom stereocenters. The van der Waals surface area contributed by atoms with Crippen LogP contribution in [0.3, 0.4) is 0 Å². The van der Waals surface area contributed by atoms with Gasteiger partial charge in [0.1, 0.15) is 0 Å². The highest BCUT2D eigenvalue weighted by Gasteiger charge is 2.39. The number of rotatable bonds is 5. The van der Waals surface area contributed by atoms with Crippen molar-refractivity contribution in [3.8, 4) is 0 Å². The first-order valence-electron chi connectivity index (χ1n) is 7.87. The molecule has 2 aliphatic carbocycles. The minimum absolute atomic E-state index is 0.379. The highest BCUT2D eigenvalue weighted by atomic mass is 32.1. The van der Waals surface area contributed by atoms with Crippen molar-refractivity contribution in [1.29, 1.82) is 0 Å². The van der Waals surface area contributed by atoms with E-state index in [0.717, 1.165) is 23.5 Å². The molecule has 0 amide bonds. The van der Waals surface area contributed by atoms with E-state index in [9.17, 15) is 0 Å². The number of likely N-dealkylation sites (N-methyl/N-ethyl adjacent to an activating group) is 1. The average Bonchev–Trinajstić information content (AvgIpc) is 3.15. The molecular formula is C16H25N3S2. The first kappa shape index (κ1) is 15.3. The van der Waals surface area contributed by atoms with Crippen molar-refractivity contribution in [3.63, 3.8) is 0 Å². The Kier molecular flexibility index (Phi) is 4.82. The van der Waals surface area contributed by atoms with E-state index < -0.39 is 0 Å². The Balaban J connectivity index is 1.48. The molecule has 2 saturated carbocycles. The van der Waals surface area contributed by atoms with E-state index in [1.165, 1.54) is 30.6 Å². The van der Waals surface area contributed by atoms with Gasteiger partial charge in [0.25, 0.3) is 0 Å². The molecule has 2 aliphatic rings. The lowest BCUT2D eigenvalue weighted by Crippen LogP contribution is -2.46. The molecule has 5 heteroatoms. The molecule has 21 heavy (non-hydrogen) atoms. The topological polar surface area (TPSA) is 27.3 Å². The number of nitrogens with one attached hydrogen (secondary N) is 2. The van der Waals surface area contributed by atoms with Crippen LogP contribution in [-0.4, -0.2) is 36.7 Å². The second kappa shape index (κ2) is 6.63. The van der Waals surface area contributed by atoms with E-state index >= 15 is 0 Å². The highest BCUT2D eigenvalue weighted by Crippen LogP contribution is 2.44. The SMILES string of the molecule is CN(C)[C@@H](CNC(=S)N[C@@H]1C[C@H]2CC[C@H]1C2)c1cccs1. The molecule has 2 N–H and O–H groups in total. The third-order valence-corrected chi connectivity index (χ3v) is 6.24. The van der Waals surface area contributed by atoms with Crippen molar-refractivity contribution in [3.05, 3.63) is 22.4 Å². The van der Waals surface area contributed by atoms with Gasteiger partial charge in [-0.25, -0.2) is 0 Å². The van der Waals surface area contributed by atoms with Crippen molar-refractivity contribution < 1.29 is 0 Å². The fourth-order valence-electron chi connectivity index (χ4n) is 3.85. The third kappa shape index (κ3) is 3.58. The summed E-state index contributed by atoms with van der Waals surface area (Å²) in [6.45, 7) is 0.861. The Hall–Kier alpha value is -0.650. The average molecular weight is 324 g/mol. The van der Waals surface area contributed by atoms with E-state index in [-0.39, 0.29) is 0 Å². The van der Waals surface area contributed by atoms with Crippen LogP contribution in [0.25, 0.3) is 0 Å². The summed E-state index contributed by atoms with van der Waals surface area (Å²) in [6, 6.07) is 5.30. The molecule has 1 aromatic rings. The van der Waals surface area contributed by atoms with E-state index in [0.29, 0.717) is 12.1 Å². The van der Waals surface area contributed by atoms with Gasteiger partial charge >= 0.3 is 0 Å². The Morgan fingerprint density at radius 3 is 2.86 bits per heavy atom. The van der Waals surface area contributed by atoms with Gasteiger partial charge in [0, 0.05) is 17.5 Å². The standard InChI is InChI=1S/C16H25N3S2/c1-19(2)14(15-4-3-7-21-15)10-17-16(20)18-13-9-11-5-6-12(13)8-11/h3-4,7,11-14H,5-6,8-10H2,1-2H3,(H2,17,18,20)/t11-,12-,13+,14-/m0/s1. The number of hydrogen-bond donors (Lipinski definition) is 2. The molecule has 3 rings (SSSR count). The maximum atomic E-state index is 5.50. The van der Waals surface area contributed by atoms with Gasteiger partial charge in [-0.15, -0.1) is 11.3 Å². The van der Waals surface area contributed by atoms with Gasteiger partial charge in [0.15, 0.2) is 5.11 Å². The van der Waals surface area contributed by atoms with E-state index in [2.05, 4.69) is 47.1 Å². The Morgan fingerprint density at radius 2 is 2.29 bits per heavy atom. The van der Waals surface area contributed by atoms with Gasteiger partial charge in [-0.1, -0.05) is 12.5 Å². The van der Waals surface area contributed by atoms with Gasteiger partial charge < -0.3 is 15.5 Å². The highest BCUT2D eigenvalue weighted by molar-refractivity contribution is 7.80. The number of nitrogens with zero attached hydrogens (tertiary/aromatic N) is 1. The summed E-state index contributed by atoms with van der Waals surface area (Å²) >= 11 is 7.31. The van der Waals surface area contributed by atoms with Crippen LogP contribution < -0.4 is 10.6 Å². The first-order valence-corrected chi connectivity index (χ1v) is 9.16. The Morgan fingerprint density at radius 1 is 1.43 bits per heavy atom. The molecule has 1 heterocycles. The smallest absolute Gasteiger partial charge is 0.166 e. The summed E-state index contributed by atoms with van der Waals surface area (Å²) in [6.07, 6.45) is 5.55. The zero-order valence-electron chi connectivity index (χ0n) is 12.8. The van der Waals surface area contributed by atoms with Crippen LogP contribution in [0.15, 0.2) is 17.5 Å². The number of thiophene rings is 1. The van der Waals surface area contributed by atoms with Gasteiger partial charge in [-0.2, -0.15) is 0 Å². The molecule has 116 valence electrons. The summed E-state index contributed by atoms with van der Waals surface area (Å²) in [5, 5.41) is 9.95. The third-order valence-electron chi connectivity index (χ3n) is 5.01. The summed E-state index contributed by atoms with van der Waals surface area (Å²) in [7, 11) is 4.25. The molecular weight excluding hydrogens is 298 g/mol. The summed E-state index contributed by atoms with van der Waals surface area (Å²) in [5.41, 5.74) is 0. The molecule has 0 spiro atoms. The maximum absolute atomic E-state index is 5.50. The van der Waals surface area contributed by atoms with Crippen molar-refractivity contribution in [1.82, 2.24) is 15.5 Å². The van der Waals surface area contributed by atoms with E-state index in [1.807, 2.05) is 11.3 Å². The van der Waals surface area contributed by atoms with Crippen LogP contribution >= 0.6 is 23.6 Å². The fraction of sp³-hybridized carbons (Fsp3) is 0.688. The lowest BCUT2D eigenvalue weighted by Gasteiger charge is -2.27. The molecule has 2 bridgehead atoms. The zero-order valence-corrected chi connectivity index (χ0v) is 14.5. The largest absolute Gasteiger partial charge is 0.361 e. The van der Waals surface area contributed by atoms with Crippen LogP contribution in [0.1, 0.15) is 36.6 Å². The summed E-state index contributed by atoms with van der Waals surface area (Å²) in [5.74, 6) is 1.81. The van der Waals surface area contributed by atoms with Crippen LogP contribution in [-0.2, 0) is 0 Å². The fourth-order valence-corrected chi connectivity index (χ4v) is 5.01. The Bertz CT molecular complexity index is 472. The molecule has 2 fully saturated rings. The van der Waals surface area contributed by atoms with Gasteiger partial charge in [0.2, 0.25) is 0 Å². The molecule has 0 aromatic carbocycles. The molecule has 3 nitrogen and oxygen atoms in total. The van der Waals surface area contributed by atoms with Crippen molar-refractivity contribution >= 4 is 28.7 Å². The molecule has 0 radical (unpaired) electrons. The van der Waals surface area contributed by atoms with Crippen LogP contribution in [0.4, 0.5) is 0 Å². The molecule has 1 aromatic heterocycles. The first-order chi connectivity index (χ1) is 10.1. The summed E-state index contributed by atoms with van der Waals surface area (Å²) < 4.78 is 0. The van der Waals surface area contributed by atoms with Crippen molar-refractivity contribution in [2.75, 3.05) is 20.6 Å². The van der Waals surface area contributed by atoms with E-state index in [1.54, 1.807) is 0 Å². The van der Waals surface area contributed by atoms with Gasteiger partial charge in [-0.3, -0.25) is 0 Å². The predicted octanol–water partition coefficient (Wildman–Crippen LogP) is 3.00. The second-order valence-electron chi connectivity index (χ2n) is 6.63. The van der Waals surface area contributed by atoms with Crippen LogP contribution in [0.2, 0.25) is 0 Å². The lowest BCUT2D eigenvalue weighted by molar-refractivity contribution is 0.302. The zero-order chi connectivity index (χ0) is 14.8. The quantitative estimate of drug-likeness (QED) is 0.815. The molecule has 0 saturated heterocycles. The van der Waals surface area contributed by atoms with Gasteiger partial charge in [0.05, 0.1) is 6.04 Å². The van der Waals surface area contributed by atoms with E-state index in [4.69, 9.17) is 12.2 Å². The van der Waals surface area contributed by atoms with Crippen LogP contribution in [0, 0.1) is 11.8 Å². The maximum Gasteiger partial charge on any atom is 0.166 e. The summed E-state index contributed by atoms with van der Waals surface area (Å²) in [4.78, 5) is 3.63. The lowest BCUT2D eigenvalue weighted by atomic mass is 9.96. The van der Waals surface area contributed by atoms with Crippen molar-refractivity contribution in [2.24, 2.45) is 11.8 Å². The minimum atomic E-state index is 0.379. The van der Waals surface area contributed by atoms with Crippen LogP contribution in [0.5, 0.6) is 0 Å². The number of hydrogen-bond acceptors (Lipinski definition) is 3. The monoisotopic (exact) mass is 323 g/mol. The number of fused-ring (bicyclic) bond motifs is 2. The molecule has 0 aliphatic heterocycles. The number of thiocarbonyl (C=S) groups is 1. The normalized spacial score (nSPS) is 28.8. The van der Waals surface area contributed by atoms with Crippen molar-refractivity contribution in [2.45, 2.75) is 37.8 Å². The Labute approximate surface area is 137 Å².